The highest BCUT2D eigenvalue weighted by Gasteiger charge is 2.02. The van der Waals surface area contributed by atoms with E-state index in [1.165, 1.54) is 10.7 Å². The minimum atomic E-state index is 0. The third-order valence-corrected chi connectivity index (χ3v) is 2.00. The molecule has 0 spiro atoms. The second-order valence-electron chi connectivity index (χ2n) is 1.72. The largest absolute Gasteiger partial charge is 1.00 e. The molecule has 0 radical (unpaired) electrons. The fraction of sp³-hybridized carbons (Fsp3) is 0.400. The number of H-pyrrole nitrogens is 1. The van der Waals surface area contributed by atoms with E-state index < -0.39 is 0 Å². The fourth-order valence-corrected chi connectivity index (χ4v) is 1.28. The van der Waals surface area contributed by atoms with Crippen molar-refractivity contribution in [3.8, 4) is 0 Å². The summed E-state index contributed by atoms with van der Waals surface area (Å²) in [5.74, 6) is 0. The molecule has 60 valence electrons. The van der Waals surface area contributed by atoms with Crippen molar-refractivity contribution in [2.45, 2.75) is 13.5 Å². The van der Waals surface area contributed by atoms with Crippen molar-refractivity contribution in [1.82, 2.24) is 0 Å². The van der Waals surface area contributed by atoms with Gasteiger partial charge >= 0.3 is 0 Å². The summed E-state index contributed by atoms with van der Waals surface area (Å²) in [7, 11) is 0. The second-order valence-corrected chi connectivity index (χ2v) is 2.68. The predicted octanol–water partition coefficient (Wildman–Crippen LogP) is -6.38. The molecule has 0 fully saturated rings. The minimum Gasteiger partial charge on any atom is -1.00 e. The molecule has 0 saturated heterocycles. The number of hydrogen-bond acceptors (Lipinski definition) is 1. The van der Waals surface area contributed by atoms with Gasteiger partial charge in [0.2, 0.25) is 0 Å². The molecule has 0 aliphatic carbocycles. The number of hydrogen-bond donors (Lipinski definition) is 1. The van der Waals surface area contributed by atoms with Crippen molar-refractivity contribution in [3.63, 3.8) is 0 Å². The van der Waals surface area contributed by atoms with E-state index in [-0.39, 0.29) is 24.8 Å². The average Bonchev–Trinajstić information content (AvgIpc) is 2.14. The molecule has 2 nitrogen and oxygen atoms in total. The lowest BCUT2D eigenvalue weighted by Gasteiger charge is -1.69. The Morgan fingerprint density at radius 3 is 2.40 bits per heavy atom. The maximum Gasteiger partial charge on any atom is 0.291 e. The Kier molecular flexibility index (Phi) is 7.58. The smallest absolute Gasteiger partial charge is 0.291 e. The zero-order valence-electron chi connectivity index (χ0n) is 5.66. The fourth-order valence-electron chi connectivity index (χ4n) is 0.560. The highest BCUT2D eigenvalue weighted by Crippen LogP contribution is 2.00. The molecule has 0 bridgehead atoms. The van der Waals surface area contributed by atoms with E-state index in [4.69, 9.17) is 0 Å². The maximum atomic E-state index is 3.75. The molecule has 0 saturated carbocycles. The van der Waals surface area contributed by atoms with Gasteiger partial charge < -0.3 is 30.5 Å². The van der Waals surface area contributed by atoms with Crippen molar-refractivity contribution in [2.24, 2.45) is 0 Å². The number of aromatic nitrogens is 1. The summed E-state index contributed by atoms with van der Waals surface area (Å²) in [6.45, 7) is 2.92. The van der Waals surface area contributed by atoms with Crippen LogP contribution >= 0.6 is 11.3 Å². The monoisotopic (exact) mass is 200 g/mol. The summed E-state index contributed by atoms with van der Waals surface area (Å²) in [4.78, 5) is 3.18. The van der Waals surface area contributed by atoms with Crippen LogP contribution in [0.2, 0.25) is 0 Å². The highest BCUT2D eigenvalue weighted by atomic mass is 35.5. The topological polar surface area (TPSA) is 41.8 Å². The van der Waals surface area contributed by atoms with Crippen LogP contribution in [0.5, 0.6) is 0 Å². The third-order valence-electron chi connectivity index (χ3n) is 0.942. The van der Waals surface area contributed by atoms with E-state index >= 15 is 0 Å². The summed E-state index contributed by atoms with van der Waals surface area (Å²) in [6, 6.07) is 0. The van der Waals surface area contributed by atoms with Gasteiger partial charge in [0.25, 0.3) is 5.01 Å². The van der Waals surface area contributed by atoms with Crippen LogP contribution in [0.3, 0.4) is 0 Å². The Hall–Kier alpha value is 0.170. The molecular weight excluding hydrogens is 191 g/mol. The van der Waals surface area contributed by atoms with Gasteiger partial charge in [0.05, 0.1) is 5.38 Å². The van der Waals surface area contributed by atoms with Crippen molar-refractivity contribution in [3.05, 3.63) is 16.1 Å². The number of thiazole rings is 1. The van der Waals surface area contributed by atoms with Crippen molar-refractivity contribution in [1.29, 1.82) is 0 Å². The van der Waals surface area contributed by atoms with Gasteiger partial charge in [-0.05, 0) is 0 Å². The van der Waals surface area contributed by atoms with Crippen LogP contribution < -0.4 is 35.5 Å². The number of quaternary nitrogens is 1. The molecule has 0 amide bonds. The molecule has 1 aromatic rings. The van der Waals surface area contributed by atoms with Gasteiger partial charge in [-0.2, -0.15) is 4.98 Å². The number of aryl methyl sites for hydroxylation is 1. The van der Waals surface area contributed by atoms with Crippen LogP contribution in [0.4, 0.5) is 0 Å². The molecular formula is C5H10Cl2N2S. The highest BCUT2D eigenvalue weighted by molar-refractivity contribution is 7.09. The van der Waals surface area contributed by atoms with Crippen molar-refractivity contribution in [2.75, 3.05) is 0 Å². The van der Waals surface area contributed by atoms with Crippen LogP contribution in [-0.4, -0.2) is 0 Å². The summed E-state index contributed by atoms with van der Waals surface area (Å²) < 4.78 is 0. The first kappa shape index (κ1) is 12.8. The van der Waals surface area contributed by atoms with E-state index in [1.54, 1.807) is 11.3 Å². The molecule has 0 aromatic carbocycles. The van der Waals surface area contributed by atoms with Gasteiger partial charge in [-0.1, -0.05) is 11.3 Å². The van der Waals surface area contributed by atoms with Crippen LogP contribution in [0.1, 0.15) is 10.7 Å². The SMILES string of the molecule is Cc1csc(C[NH3+])[nH+]1.[Cl-].[Cl-]. The lowest BCUT2D eigenvalue weighted by atomic mass is 10.6. The molecule has 4 N–H and O–H groups in total. The number of halogens is 2. The first-order valence-electron chi connectivity index (χ1n) is 2.58. The van der Waals surface area contributed by atoms with E-state index in [9.17, 15) is 0 Å². The van der Waals surface area contributed by atoms with E-state index in [0.29, 0.717) is 0 Å². The van der Waals surface area contributed by atoms with Gasteiger partial charge in [-0.25, -0.2) is 0 Å². The zero-order valence-corrected chi connectivity index (χ0v) is 7.98. The van der Waals surface area contributed by atoms with Crippen LogP contribution in [0.15, 0.2) is 5.38 Å². The quantitative estimate of drug-likeness (QED) is 0.469. The third kappa shape index (κ3) is 3.37. The number of aromatic amines is 1. The molecule has 1 heterocycles. The predicted molar refractivity (Wildman–Crippen MR) is 32.2 cm³/mol. The average molecular weight is 201 g/mol. The van der Waals surface area contributed by atoms with Gasteiger partial charge in [0.15, 0.2) is 12.2 Å². The Morgan fingerprint density at radius 1 is 1.60 bits per heavy atom. The van der Waals surface area contributed by atoms with Crippen LogP contribution in [0, 0.1) is 6.92 Å². The lowest BCUT2D eigenvalue weighted by Crippen LogP contribution is -3.00. The Balaban J connectivity index is 0. The first-order chi connectivity index (χ1) is 3.83. The molecule has 10 heavy (non-hydrogen) atoms. The Bertz CT molecular complexity index is 178. The summed E-state index contributed by atoms with van der Waals surface area (Å²) >= 11 is 1.73. The zero-order chi connectivity index (χ0) is 5.98. The molecule has 0 atom stereocenters. The van der Waals surface area contributed by atoms with Crippen molar-refractivity contribution >= 4 is 11.3 Å². The summed E-state index contributed by atoms with van der Waals surface area (Å²) in [5, 5.41) is 3.35. The van der Waals surface area contributed by atoms with Gasteiger partial charge in [-0.3, -0.25) is 0 Å². The molecule has 1 rings (SSSR count). The lowest BCUT2D eigenvalue weighted by molar-refractivity contribution is -0.455. The summed E-state index contributed by atoms with van der Waals surface area (Å²) in [5.41, 5.74) is 4.98. The first-order valence-corrected chi connectivity index (χ1v) is 3.46. The van der Waals surface area contributed by atoms with E-state index in [1.807, 2.05) is 0 Å². The molecule has 1 aromatic heterocycles. The number of nitrogens with one attached hydrogen (secondary N) is 1. The minimum absolute atomic E-state index is 0. The van der Waals surface area contributed by atoms with E-state index in [2.05, 4.69) is 23.0 Å². The second kappa shape index (κ2) is 5.92. The van der Waals surface area contributed by atoms with E-state index in [0.717, 1.165) is 6.54 Å². The summed E-state index contributed by atoms with van der Waals surface area (Å²) in [6.07, 6.45) is 0. The van der Waals surface area contributed by atoms with Crippen LogP contribution in [-0.2, 0) is 6.54 Å². The Morgan fingerprint density at radius 2 is 2.20 bits per heavy atom. The standard InChI is InChI=1S/C5H8N2S.2ClH/c1-4-3-8-5(2-6)7-4;;/h3H,2,6H2,1H3;2*1H. The van der Waals surface area contributed by atoms with Crippen LogP contribution in [0.25, 0.3) is 0 Å². The molecule has 0 aliphatic rings. The normalized spacial score (nSPS) is 7.80. The number of rotatable bonds is 1. The van der Waals surface area contributed by atoms with Gasteiger partial charge in [-0.15, -0.1) is 0 Å². The Labute approximate surface area is 76.7 Å². The molecule has 0 aliphatic heterocycles. The maximum absolute atomic E-state index is 3.75. The molecule has 5 heteroatoms. The molecule has 0 unspecified atom stereocenters. The van der Waals surface area contributed by atoms with Crippen molar-refractivity contribution < 1.29 is 35.5 Å². The van der Waals surface area contributed by atoms with Gasteiger partial charge in [0, 0.05) is 6.92 Å². The van der Waals surface area contributed by atoms with Gasteiger partial charge in [0.1, 0.15) is 0 Å².